The van der Waals surface area contributed by atoms with Crippen molar-refractivity contribution < 1.29 is 14.3 Å². The fourth-order valence-corrected chi connectivity index (χ4v) is 3.86. The third-order valence-corrected chi connectivity index (χ3v) is 5.86. The molecule has 0 aromatic heterocycles. The van der Waals surface area contributed by atoms with Gasteiger partial charge < -0.3 is 14.5 Å². The molecular formula is C23H27BrN2O3. The maximum Gasteiger partial charge on any atom is 0.225 e. The molecule has 5 nitrogen and oxygen atoms in total. The number of halogens is 1. The van der Waals surface area contributed by atoms with Gasteiger partial charge >= 0.3 is 0 Å². The molecule has 2 aromatic carbocycles. The summed E-state index contributed by atoms with van der Waals surface area (Å²) in [6, 6.07) is 15.4. The van der Waals surface area contributed by atoms with Crippen molar-refractivity contribution in [1.29, 1.82) is 0 Å². The average Bonchev–Trinajstić information content (AvgIpc) is 2.77. The molecule has 1 aliphatic heterocycles. The highest BCUT2D eigenvalue weighted by atomic mass is 79.9. The Morgan fingerprint density at radius 1 is 1.14 bits per heavy atom. The maximum atomic E-state index is 12.7. The van der Waals surface area contributed by atoms with Crippen LogP contribution in [-0.2, 0) is 4.79 Å². The Labute approximate surface area is 180 Å². The van der Waals surface area contributed by atoms with Gasteiger partial charge in [0.25, 0.3) is 0 Å². The lowest BCUT2D eigenvalue weighted by Gasteiger charge is -2.34. The first kappa shape index (κ1) is 21.4. The number of rotatable bonds is 8. The number of amides is 1. The zero-order valence-electron chi connectivity index (χ0n) is 16.7. The van der Waals surface area contributed by atoms with Crippen LogP contribution in [0.2, 0.25) is 0 Å². The van der Waals surface area contributed by atoms with Crippen LogP contribution in [0.5, 0.6) is 5.75 Å². The summed E-state index contributed by atoms with van der Waals surface area (Å²) in [5, 5.41) is 0. The number of hydrogen-bond acceptors (Lipinski definition) is 4. The summed E-state index contributed by atoms with van der Waals surface area (Å²) in [7, 11) is 1.88. The maximum absolute atomic E-state index is 12.7. The Morgan fingerprint density at radius 2 is 1.79 bits per heavy atom. The molecule has 6 heteroatoms. The first-order chi connectivity index (χ1) is 14.1. The monoisotopic (exact) mass is 458 g/mol. The Kier molecular flexibility index (Phi) is 7.69. The number of carbonyl (C=O) groups is 2. The predicted molar refractivity (Wildman–Crippen MR) is 119 cm³/mol. The summed E-state index contributed by atoms with van der Waals surface area (Å²) < 4.78 is 6.76. The smallest absolute Gasteiger partial charge is 0.225 e. The number of nitrogens with zero attached hydrogens (tertiary/aromatic N) is 2. The highest BCUT2D eigenvalue weighted by molar-refractivity contribution is 9.10. The van der Waals surface area contributed by atoms with E-state index in [1.54, 1.807) is 0 Å². The van der Waals surface area contributed by atoms with Gasteiger partial charge in [-0.2, -0.15) is 0 Å². The number of carbonyl (C=O) groups excluding carboxylic acids is 2. The van der Waals surface area contributed by atoms with Gasteiger partial charge in [-0.1, -0.05) is 15.9 Å². The molecule has 29 heavy (non-hydrogen) atoms. The van der Waals surface area contributed by atoms with Crippen LogP contribution in [0.15, 0.2) is 53.0 Å². The molecule has 1 saturated heterocycles. The predicted octanol–water partition coefficient (Wildman–Crippen LogP) is 4.41. The lowest BCUT2D eigenvalue weighted by atomic mass is 9.95. The van der Waals surface area contributed by atoms with Crippen LogP contribution in [0.1, 0.15) is 29.6 Å². The minimum atomic E-state index is 0.0814. The van der Waals surface area contributed by atoms with Gasteiger partial charge in [0, 0.05) is 48.3 Å². The van der Waals surface area contributed by atoms with Crippen LogP contribution in [-0.4, -0.2) is 50.4 Å². The standard InChI is InChI=1S/C23H27BrN2O3/c1-25(13-2-16-29-22-9-5-20(24)6-10-22)23(28)19-11-14-26(15-12-19)21-7-3-18(17-27)4-8-21/h3-10,17,19H,2,11-16H2,1H3. The van der Waals surface area contributed by atoms with E-state index in [1.807, 2.05) is 60.5 Å². The number of ether oxygens (including phenoxy) is 1. The highest BCUT2D eigenvalue weighted by Gasteiger charge is 2.27. The van der Waals surface area contributed by atoms with Gasteiger partial charge in [0.2, 0.25) is 5.91 Å². The summed E-state index contributed by atoms with van der Waals surface area (Å²) in [6.45, 7) is 3.01. The molecule has 1 amide bonds. The van der Waals surface area contributed by atoms with E-state index >= 15 is 0 Å². The minimum absolute atomic E-state index is 0.0814. The molecule has 0 unspecified atom stereocenters. The van der Waals surface area contributed by atoms with E-state index in [4.69, 9.17) is 4.74 Å². The van der Waals surface area contributed by atoms with Crippen molar-refractivity contribution in [3.8, 4) is 5.75 Å². The van der Waals surface area contributed by atoms with Crippen molar-refractivity contribution in [2.45, 2.75) is 19.3 Å². The average molecular weight is 459 g/mol. The number of piperidine rings is 1. The molecule has 154 valence electrons. The number of anilines is 1. The van der Waals surface area contributed by atoms with Crippen LogP contribution in [0.4, 0.5) is 5.69 Å². The molecule has 0 saturated carbocycles. The molecule has 0 spiro atoms. The van der Waals surface area contributed by atoms with Crippen molar-refractivity contribution in [2.75, 3.05) is 38.2 Å². The van der Waals surface area contributed by atoms with Gasteiger partial charge in [-0.3, -0.25) is 9.59 Å². The second-order valence-electron chi connectivity index (χ2n) is 7.39. The Hall–Kier alpha value is -2.34. The summed E-state index contributed by atoms with van der Waals surface area (Å²) in [5.74, 6) is 1.15. The molecule has 0 atom stereocenters. The van der Waals surface area contributed by atoms with Crippen molar-refractivity contribution in [2.24, 2.45) is 5.92 Å². The van der Waals surface area contributed by atoms with E-state index in [0.29, 0.717) is 18.7 Å². The van der Waals surface area contributed by atoms with Crippen LogP contribution in [0.25, 0.3) is 0 Å². The van der Waals surface area contributed by atoms with E-state index in [0.717, 1.165) is 54.5 Å². The first-order valence-corrected chi connectivity index (χ1v) is 10.8. The van der Waals surface area contributed by atoms with E-state index in [1.165, 1.54) is 0 Å². The molecule has 2 aromatic rings. The largest absolute Gasteiger partial charge is 0.494 e. The van der Waals surface area contributed by atoms with Gasteiger partial charge in [-0.05, 0) is 67.8 Å². The molecule has 1 fully saturated rings. The molecule has 1 heterocycles. The van der Waals surface area contributed by atoms with E-state index in [2.05, 4.69) is 20.8 Å². The second-order valence-corrected chi connectivity index (χ2v) is 8.30. The summed E-state index contributed by atoms with van der Waals surface area (Å²) in [5.41, 5.74) is 1.80. The molecule has 1 aliphatic rings. The zero-order chi connectivity index (χ0) is 20.6. The van der Waals surface area contributed by atoms with Gasteiger partial charge in [0.1, 0.15) is 12.0 Å². The summed E-state index contributed by atoms with van der Waals surface area (Å²) >= 11 is 3.41. The van der Waals surface area contributed by atoms with Crippen molar-refractivity contribution in [3.05, 3.63) is 58.6 Å². The van der Waals surface area contributed by atoms with E-state index in [9.17, 15) is 9.59 Å². The highest BCUT2D eigenvalue weighted by Crippen LogP contribution is 2.24. The van der Waals surface area contributed by atoms with Crippen LogP contribution < -0.4 is 9.64 Å². The van der Waals surface area contributed by atoms with Crippen LogP contribution in [0, 0.1) is 5.92 Å². The van der Waals surface area contributed by atoms with Gasteiger partial charge in [-0.15, -0.1) is 0 Å². The number of benzene rings is 2. The Bertz CT molecular complexity index is 800. The number of aldehydes is 1. The quantitative estimate of drug-likeness (QED) is 0.434. The molecule has 0 bridgehead atoms. The summed E-state index contributed by atoms with van der Waals surface area (Å²) in [4.78, 5) is 27.7. The van der Waals surface area contributed by atoms with Gasteiger partial charge in [0.05, 0.1) is 6.61 Å². The Balaban J connectivity index is 1.38. The normalized spacial score (nSPS) is 14.5. The van der Waals surface area contributed by atoms with Crippen LogP contribution >= 0.6 is 15.9 Å². The Morgan fingerprint density at radius 3 is 2.41 bits per heavy atom. The lowest BCUT2D eigenvalue weighted by Crippen LogP contribution is -2.41. The van der Waals surface area contributed by atoms with Crippen molar-refractivity contribution >= 4 is 33.8 Å². The molecule has 0 N–H and O–H groups in total. The molecular weight excluding hydrogens is 432 g/mol. The van der Waals surface area contributed by atoms with Crippen molar-refractivity contribution in [1.82, 2.24) is 4.90 Å². The zero-order valence-corrected chi connectivity index (χ0v) is 18.3. The molecule has 3 rings (SSSR count). The molecule has 0 aliphatic carbocycles. The summed E-state index contributed by atoms with van der Waals surface area (Å²) in [6.07, 6.45) is 3.37. The van der Waals surface area contributed by atoms with Gasteiger partial charge in [0.15, 0.2) is 0 Å². The topological polar surface area (TPSA) is 49.9 Å². The lowest BCUT2D eigenvalue weighted by molar-refractivity contribution is -0.134. The number of hydrogen-bond donors (Lipinski definition) is 0. The van der Waals surface area contributed by atoms with E-state index in [-0.39, 0.29) is 11.8 Å². The SMILES string of the molecule is CN(CCCOc1ccc(Br)cc1)C(=O)C1CCN(c2ccc(C=O)cc2)CC1. The van der Waals surface area contributed by atoms with E-state index < -0.39 is 0 Å². The first-order valence-electron chi connectivity index (χ1n) is 10.0. The van der Waals surface area contributed by atoms with Crippen LogP contribution in [0.3, 0.4) is 0 Å². The second kappa shape index (κ2) is 10.4. The van der Waals surface area contributed by atoms with Crippen molar-refractivity contribution in [3.63, 3.8) is 0 Å². The fourth-order valence-electron chi connectivity index (χ4n) is 3.59. The third kappa shape index (κ3) is 6.07. The fraction of sp³-hybridized carbons (Fsp3) is 0.391. The van der Waals surface area contributed by atoms with Gasteiger partial charge in [-0.25, -0.2) is 0 Å². The third-order valence-electron chi connectivity index (χ3n) is 5.33. The minimum Gasteiger partial charge on any atom is -0.494 e. The molecule has 0 radical (unpaired) electrons.